The number of hydrogen-bond donors (Lipinski definition) is 1. The van der Waals surface area contributed by atoms with Gasteiger partial charge in [-0.05, 0) is 6.42 Å². The lowest BCUT2D eigenvalue weighted by Gasteiger charge is -2.00. The van der Waals surface area contributed by atoms with Gasteiger partial charge in [-0.25, -0.2) is 9.78 Å². The summed E-state index contributed by atoms with van der Waals surface area (Å²) in [6, 6.07) is 0. The van der Waals surface area contributed by atoms with Crippen molar-refractivity contribution < 1.29 is 0 Å². The quantitative estimate of drug-likeness (QED) is 0.649. The van der Waals surface area contributed by atoms with Crippen molar-refractivity contribution in [1.29, 1.82) is 0 Å². The summed E-state index contributed by atoms with van der Waals surface area (Å²) in [7, 11) is 3.10. The van der Waals surface area contributed by atoms with Gasteiger partial charge in [0.1, 0.15) is 0 Å². The van der Waals surface area contributed by atoms with Crippen molar-refractivity contribution in [2.24, 2.45) is 14.1 Å². The third-order valence-corrected chi connectivity index (χ3v) is 4.27. The number of nitrogens with one attached hydrogen (secondary N) is 1. The molecule has 20 heavy (non-hydrogen) atoms. The van der Waals surface area contributed by atoms with Crippen LogP contribution in [0.1, 0.15) is 32.6 Å². The smallest absolute Gasteiger partial charge is 0.327 e. The van der Waals surface area contributed by atoms with E-state index in [9.17, 15) is 9.59 Å². The van der Waals surface area contributed by atoms with E-state index in [4.69, 9.17) is 0 Å². The van der Waals surface area contributed by atoms with E-state index in [0.29, 0.717) is 16.3 Å². The zero-order valence-electron chi connectivity index (χ0n) is 12.1. The molecule has 110 valence electrons. The van der Waals surface area contributed by atoms with Crippen LogP contribution in [0.5, 0.6) is 0 Å². The summed E-state index contributed by atoms with van der Waals surface area (Å²) in [4.78, 5) is 31.2. The van der Waals surface area contributed by atoms with Crippen LogP contribution in [0, 0.1) is 0 Å². The molecule has 0 amide bonds. The predicted molar refractivity (Wildman–Crippen MR) is 81.4 cm³/mol. The minimum absolute atomic E-state index is 0.326. The maximum absolute atomic E-state index is 12.0. The number of unbranched alkanes of at least 4 members (excludes halogenated alkanes) is 3. The van der Waals surface area contributed by atoms with Crippen LogP contribution in [-0.2, 0) is 14.1 Å². The highest BCUT2D eigenvalue weighted by atomic mass is 32.2. The molecule has 2 aromatic heterocycles. The van der Waals surface area contributed by atoms with Gasteiger partial charge in [-0.3, -0.25) is 13.9 Å². The monoisotopic (exact) mass is 296 g/mol. The fourth-order valence-electron chi connectivity index (χ4n) is 2.07. The summed E-state index contributed by atoms with van der Waals surface area (Å²) in [6.07, 6.45) is 4.81. The molecule has 2 rings (SSSR count). The van der Waals surface area contributed by atoms with Crippen molar-refractivity contribution >= 4 is 22.9 Å². The molecule has 0 unspecified atom stereocenters. The maximum atomic E-state index is 12.0. The van der Waals surface area contributed by atoms with Gasteiger partial charge in [0, 0.05) is 19.8 Å². The van der Waals surface area contributed by atoms with Crippen LogP contribution >= 0.6 is 11.8 Å². The molecule has 0 aliphatic carbocycles. The summed E-state index contributed by atoms with van der Waals surface area (Å²) in [5.41, 5.74) is 0.141. The van der Waals surface area contributed by atoms with E-state index < -0.39 is 0 Å². The standard InChI is InChI=1S/C13H20N4O2S/c1-4-5-6-7-8-20-12-14-9-10(15-12)16(2)13(19)17(3)11(9)18/h4-8H2,1-3H3,(H,14,15). The molecule has 0 saturated carbocycles. The van der Waals surface area contributed by atoms with Gasteiger partial charge in [0.15, 0.2) is 16.3 Å². The Morgan fingerprint density at radius 1 is 1.15 bits per heavy atom. The summed E-state index contributed by atoms with van der Waals surface area (Å²) in [6.45, 7) is 2.18. The topological polar surface area (TPSA) is 72.7 Å². The van der Waals surface area contributed by atoms with Crippen molar-refractivity contribution in [2.75, 3.05) is 5.75 Å². The first-order chi connectivity index (χ1) is 9.56. The van der Waals surface area contributed by atoms with Crippen molar-refractivity contribution in [3.05, 3.63) is 20.8 Å². The van der Waals surface area contributed by atoms with Crippen LogP contribution in [0.15, 0.2) is 14.7 Å². The molecule has 0 aliphatic heterocycles. The zero-order valence-corrected chi connectivity index (χ0v) is 12.9. The molecular weight excluding hydrogens is 276 g/mol. The Labute approximate surface area is 121 Å². The van der Waals surface area contributed by atoms with Crippen molar-refractivity contribution in [1.82, 2.24) is 19.1 Å². The zero-order chi connectivity index (χ0) is 14.7. The third kappa shape index (κ3) is 2.82. The van der Waals surface area contributed by atoms with Crippen molar-refractivity contribution in [3.8, 4) is 0 Å². The number of aromatic amines is 1. The largest absolute Gasteiger partial charge is 0.332 e. The average molecular weight is 296 g/mol. The molecule has 1 N–H and O–H groups in total. The molecule has 0 aromatic carbocycles. The summed E-state index contributed by atoms with van der Waals surface area (Å²) in [5, 5.41) is 0.704. The molecule has 0 bridgehead atoms. The number of H-pyrrole nitrogens is 1. The number of thioether (sulfide) groups is 1. The molecule has 0 radical (unpaired) electrons. The highest BCUT2D eigenvalue weighted by Crippen LogP contribution is 2.18. The van der Waals surface area contributed by atoms with Gasteiger partial charge in [-0.15, -0.1) is 0 Å². The van der Waals surface area contributed by atoms with E-state index in [1.165, 1.54) is 30.9 Å². The van der Waals surface area contributed by atoms with E-state index in [1.807, 2.05) is 0 Å². The van der Waals surface area contributed by atoms with Crippen LogP contribution in [0.3, 0.4) is 0 Å². The number of imidazole rings is 1. The lowest BCUT2D eigenvalue weighted by atomic mass is 10.2. The fraction of sp³-hybridized carbons (Fsp3) is 0.615. The molecule has 2 heterocycles. The normalized spacial score (nSPS) is 11.3. The third-order valence-electron chi connectivity index (χ3n) is 3.31. The Kier molecular flexibility index (Phi) is 4.69. The summed E-state index contributed by atoms with van der Waals surface area (Å²) in [5.74, 6) is 0.966. The Hall–Kier alpha value is -1.50. The molecule has 0 atom stereocenters. The van der Waals surface area contributed by atoms with Crippen molar-refractivity contribution in [2.45, 2.75) is 37.8 Å². The van der Waals surface area contributed by atoms with Crippen LogP contribution in [0.4, 0.5) is 0 Å². The second kappa shape index (κ2) is 6.30. The SMILES string of the molecule is CCCCCCSc1nc2c([nH]1)c(=O)n(C)c(=O)n2C. The van der Waals surface area contributed by atoms with Crippen LogP contribution in [-0.4, -0.2) is 24.9 Å². The van der Waals surface area contributed by atoms with Gasteiger partial charge in [0.2, 0.25) is 0 Å². The van der Waals surface area contributed by atoms with Crippen LogP contribution < -0.4 is 11.2 Å². The van der Waals surface area contributed by atoms with Gasteiger partial charge in [0.25, 0.3) is 5.56 Å². The summed E-state index contributed by atoms with van der Waals surface area (Å²) >= 11 is 1.60. The Morgan fingerprint density at radius 2 is 1.90 bits per heavy atom. The van der Waals surface area contributed by atoms with Crippen molar-refractivity contribution in [3.63, 3.8) is 0 Å². The minimum atomic E-state index is -0.353. The molecule has 6 nitrogen and oxygen atoms in total. The van der Waals surface area contributed by atoms with E-state index in [1.54, 1.807) is 18.8 Å². The van der Waals surface area contributed by atoms with Gasteiger partial charge in [-0.1, -0.05) is 37.9 Å². The highest BCUT2D eigenvalue weighted by molar-refractivity contribution is 7.99. The molecule has 0 fully saturated rings. The number of fused-ring (bicyclic) bond motifs is 1. The van der Waals surface area contributed by atoms with E-state index in [0.717, 1.165) is 16.7 Å². The molecule has 2 aromatic rings. The van der Waals surface area contributed by atoms with E-state index >= 15 is 0 Å². The maximum Gasteiger partial charge on any atom is 0.332 e. The minimum Gasteiger partial charge on any atom is -0.327 e. The Morgan fingerprint density at radius 3 is 2.60 bits per heavy atom. The molecular formula is C13H20N4O2S. The Bertz CT molecular complexity index is 713. The summed E-state index contributed by atoms with van der Waals surface area (Å²) < 4.78 is 2.49. The lowest BCUT2D eigenvalue weighted by molar-refractivity contribution is 0.706. The second-order valence-corrected chi connectivity index (χ2v) is 5.94. The van der Waals surface area contributed by atoms with E-state index in [-0.39, 0.29) is 11.2 Å². The average Bonchev–Trinajstić information content (AvgIpc) is 2.87. The molecule has 0 spiro atoms. The van der Waals surface area contributed by atoms with Gasteiger partial charge >= 0.3 is 5.69 Å². The van der Waals surface area contributed by atoms with Gasteiger partial charge < -0.3 is 4.98 Å². The number of hydrogen-bond acceptors (Lipinski definition) is 4. The first-order valence-corrected chi connectivity index (χ1v) is 7.83. The molecule has 0 aliphatic rings. The van der Waals surface area contributed by atoms with Crippen LogP contribution in [0.2, 0.25) is 0 Å². The predicted octanol–water partition coefficient (Wildman–Crippen LogP) is 1.63. The van der Waals surface area contributed by atoms with Gasteiger partial charge in [-0.2, -0.15) is 0 Å². The molecule has 0 saturated heterocycles. The number of rotatable bonds is 6. The first kappa shape index (κ1) is 14.9. The van der Waals surface area contributed by atoms with Gasteiger partial charge in [0.05, 0.1) is 0 Å². The van der Waals surface area contributed by atoms with Crippen LogP contribution in [0.25, 0.3) is 11.2 Å². The van der Waals surface area contributed by atoms with E-state index in [2.05, 4.69) is 16.9 Å². The fourth-order valence-corrected chi connectivity index (χ4v) is 2.94. The Balaban J connectivity index is 2.22. The number of aromatic nitrogens is 4. The molecule has 7 heteroatoms. The first-order valence-electron chi connectivity index (χ1n) is 6.84. The number of aryl methyl sites for hydroxylation is 1. The highest BCUT2D eigenvalue weighted by Gasteiger charge is 2.13. The number of nitrogens with zero attached hydrogens (tertiary/aromatic N) is 3. The second-order valence-electron chi connectivity index (χ2n) is 4.86. The lowest BCUT2D eigenvalue weighted by Crippen LogP contribution is -2.36.